The highest BCUT2D eigenvalue weighted by Crippen LogP contribution is 2.12. The molecule has 0 unspecified atom stereocenters. The maximum atomic E-state index is 12.9. The molecular weight excluding hydrogens is 337 g/mol. The van der Waals surface area contributed by atoms with Gasteiger partial charge in [0.15, 0.2) is 5.69 Å². The van der Waals surface area contributed by atoms with E-state index >= 15 is 0 Å². The average molecular weight is 361 g/mol. The van der Waals surface area contributed by atoms with Crippen LogP contribution in [0.3, 0.4) is 0 Å². The van der Waals surface area contributed by atoms with Gasteiger partial charge >= 0.3 is 0 Å². The zero-order valence-electron chi connectivity index (χ0n) is 15.0. The summed E-state index contributed by atoms with van der Waals surface area (Å²) >= 11 is 0. The molecule has 0 aliphatic carbocycles. The van der Waals surface area contributed by atoms with E-state index in [-0.39, 0.29) is 23.8 Å². The van der Waals surface area contributed by atoms with Gasteiger partial charge in [0.25, 0.3) is 5.91 Å². The van der Waals surface area contributed by atoms with Crippen molar-refractivity contribution in [3.8, 4) is 5.75 Å². The van der Waals surface area contributed by atoms with E-state index in [4.69, 9.17) is 4.74 Å². The van der Waals surface area contributed by atoms with E-state index in [9.17, 15) is 9.18 Å². The number of ether oxygens (including phenoxy) is 1. The minimum absolute atomic E-state index is 0.0996. The number of hydrogen-bond donors (Lipinski definition) is 2. The van der Waals surface area contributed by atoms with Crippen molar-refractivity contribution >= 4 is 5.91 Å². The molecule has 1 aliphatic heterocycles. The Kier molecular flexibility index (Phi) is 5.82. The Morgan fingerprint density at radius 3 is 2.92 bits per heavy atom. The first-order valence-electron chi connectivity index (χ1n) is 8.87. The number of halogens is 1. The molecule has 1 amide bonds. The fourth-order valence-electron chi connectivity index (χ4n) is 3.04. The SMILES string of the molecule is Cc1c(C(=O)N[C@H]2CCCN[C@H]2C)nnn1CCOc1ccc(F)cc1. The molecule has 1 aromatic carbocycles. The van der Waals surface area contributed by atoms with Gasteiger partial charge in [0.1, 0.15) is 18.2 Å². The summed E-state index contributed by atoms with van der Waals surface area (Å²) in [4.78, 5) is 12.5. The number of carbonyl (C=O) groups is 1. The van der Waals surface area contributed by atoms with Crippen LogP contribution in [0, 0.1) is 12.7 Å². The summed E-state index contributed by atoms with van der Waals surface area (Å²) in [5, 5.41) is 14.5. The van der Waals surface area contributed by atoms with Crippen molar-refractivity contribution in [3.05, 3.63) is 41.5 Å². The third kappa shape index (κ3) is 4.37. The Hall–Kier alpha value is -2.48. The van der Waals surface area contributed by atoms with Gasteiger partial charge in [-0.3, -0.25) is 4.79 Å². The van der Waals surface area contributed by atoms with Crippen LogP contribution in [-0.4, -0.2) is 46.1 Å². The molecule has 26 heavy (non-hydrogen) atoms. The molecule has 2 heterocycles. The van der Waals surface area contributed by atoms with Crippen LogP contribution in [0.1, 0.15) is 35.9 Å². The molecule has 1 aliphatic rings. The van der Waals surface area contributed by atoms with Crippen LogP contribution in [0.2, 0.25) is 0 Å². The Morgan fingerprint density at radius 1 is 1.42 bits per heavy atom. The normalized spacial score (nSPS) is 20.0. The topological polar surface area (TPSA) is 81.1 Å². The summed E-state index contributed by atoms with van der Waals surface area (Å²) in [5.74, 6) is 0.0808. The lowest BCUT2D eigenvalue weighted by molar-refractivity contribution is 0.0914. The van der Waals surface area contributed by atoms with Crippen molar-refractivity contribution < 1.29 is 13.9 Å². The average Bonchev–Trinajstić information content (AvgIpc) is 2.99. The molecule has 0 spiro atoms. The first-order valence-corrected chi connectivity index (χ1v) is 8.87. The second-order valence-corrected chi connectivity index (χ2v) is 6.51. The summed E-state index contributed by atoms with van der Waals surface area (Å²) in [7, 11) is 0. The van der Waals surface area contributed by atoms with Gasteiger partial charge in [0.05, 0.1) is 12.2 Å². The van der Waals surface area contributed by atoms with E-state index in [1.165, 1.54) is 12.1 Å². The Morgan fingerprint density at radius 2 is 2.19 bits per heavy atom. The van der Waals surface area contributed by atoms with Gasteiger partial charge in [0.2, 0.25) is 0 Å². The molecule has 0 radical (unpaired) electrons. The van der Waals surface area contributed by atoms with Gasteiger partial charge in [-0.2, -0.15) is 0 Å². The van der Waals surface area contributed by atoms with E-state index in [0.29, 0.717) is 30.3 Å². The van der Waals surface area contributed by atoms with Crippen LogP contribution >= 0.6 is 0 Å². The smallest absolute Gasteiger partial charge is 0.274 e. The van der Waals surface area contributed by atoms with Crippen LogP contribution in [0.15, 0.2) is 24.3 Å². The molecule has 0 bridgehead atoms. The lowest BCUT2D eigenvalue weighted by Crippen LogP contribution is -2.52. The fourth-order valence-corrected chi connectivity index (χ4v) is 3.04. The van der Waals surface area contributed by atoms with E-state index < -0.39 is 0 Å². The Bertz CT molecular complexity index is 747. The van der Waals surface area contributed by atoms with Gasteiger partial charge < -0.3 is 15.4 Å². The van der Waals surface area contributed by atoms with Gasteiger partial charge in [-0.15, -0.1) is 5.10 Å². The van der Waals surface area contributed by atoms with Crippen molar-refractivity contribution in [2.75, 3.05) is 13.2 Å². The lowest BCUT2D eigenvalue weighted by atomic mass is 10.00. The zero-order valence-corrected chi connectivity index (χ0v) is 15.0. The summed E-state index contributed by atoms with van der Waals surface area (Å²) in [5.41, 5.74) is 1.03. The van der Waals surface area contributed by atoms with Crippen LogP contribution in [0.25, 0.3) is 0 Å². The number of hydrogen-bond acceptors (Lipinski definition) is 5. The minimum Gasteiger partial charge on any atom is -0.492 e. The van der Waals surface area contributed by atoms with Gasteiger partial charge in [-0.05, 0) is 57.5 Å². The third-order valence-electron chi connectivity index (χ3n) is 4.66. The monoisotopic (exact) mass is 361 g/mol. The number of nitrogens with one attached hydrogen (secondary N) is 2. The van der Waals surface area contributed by atoms with Crippen LogP contribution in [0.5, 0.6) is 5.75 Å². The number of rotatable bonds is 6. The predicted octanol–water partition coefficient (Wildman–Crippen LogP) is 1.67. The summed E-state index contributed by atoms with van der Waals surface area (Å²) in [6.45, 7) is 5.66. The number of aromatic nitrogens is 3. The van der Waals surface area contributed by atoms with Crippen LogP contribution < -0.4 is 15.4 Å². The largest absolute Gasteiger partial charge is 0.492 e. The first kappa shape index (κ1) is 18.3. The Labute approximate surface area is 151 Å². The molecule has 1 saturated heterocycles. The molecule has 140 valence electrons. The molecule has 7 nitrogen and oxygen atoms in total. The zero-order chi connectivity index (χ0) is 18.5. The summed E-state index contributed by atoms with van der Waals surface area (Å²) in [6, 6.07) is 6.18. The lowest BCUT2D eigenvalue weighted by Gasteiger charge is -2.30. The van der Waals surface area contributed by atoms with Crippen molar-refractivity contribution in [2.45, 2.75) is 45.3 Å². The van der Waals surface area contributed by atoms with E-state index in [0.717, 1.165) is 19.4 Å². The van der Waals surface area contributed by atoms with Gasteiger partial charge in [-0.1, -0.05) is 5.21 Å². The number of benzene rings is 1. The fraction of sp³-hybridized carbons (Fsp3) is 0.500. The third-order valence-corrected chi connectivity index (χ3v) is 4.66. The second kappa shape index (κ2) is 8.27. The molecule has 1 fully saturated rings. The number of carbonyl (C=O) groups excluding carboxylic acids is 1. The molecular formula is C18H24FN5O2. The van der Waals surface area contributed by atoms with Crippen molar-refractivity contribution in [1.29, 1.82) is 0 Å². The van der Waals surface area contributed by atoms with Crippen molar-refractivity contribution in [2.24, 2.45) is 0 Å². The predicted molar refractivity (Wildman–Crippen MR) is 94.6 cm³/mol. The van der Waals surface area contributed by atoms with Gasteiger partial charge in [0, 0.05) is 12.1 Å². The van der Waals surface area contributed by atoms with Crippen LogP contribution in [0.4, 0.5) is 4.39 Å². The minimum atomic E-state index is -0.303. The first-order chi connectivity index (χ1) is 12.5. The van der Waals surface area contributed by atoms with Crippen LogP contribution in [-0.2, 0) is 6.54 Å². The van der Waals surface area contributed by atoms with Gasteiger partial charge in [-0.25, -0.2) is 9.07 Å². The Balaban J connectivity index is 1.55. The molecule has 2 N–H and O–H groups in total. The molecule has 8 heteroatoms. The van der Waals surface area contributed by atoms with E-state index in [1.807, 2.05) is 6.92 Å². The molecule has 2 atom stereocenters. The number of amides is 1. The number of piperidine rings is 1. The second-order valence-electron chi connectivity index (χ2n) is 6.51. The highest BCUT2D eigenvalue weighted by molar-refractivity contribution is 5.93. The molecule has 3 rings (SSSR count). The van der Waals surface area contributed by atoms with E-state index in [1.54, 1.807) is 16.8 Å². The highest BCUT2D eigenvalue weighted by Gasteiger charge is 2.25. The number of nitrogens with zero attached hydrogens (tertiary/aromatic N) is 3. The molecule has 1 aromatic heterocycles. The van der Waals surface area contributed by atoms with Crippen molar-refractivity contribution in [3.63, 3.8) is 0 Å². The molecule has 0 saturated carbocycles. The summed E-state index contributed by atoms with van der Waals surface area (Å²) < 4.78 is 20.1. The quantitative estimate of drug-likeness (QED) is 0.818. The molecule has 2 aromatic rings. The van der Waals surface area contributed by atoms with E-state index in [2.05, 4.69) is 27.9 Å². The standard InChI is InChI=1S/C18H24FN5O2/c1-12-16(4-3-9-20-12)21-18(25)17-13(2)24(23-22-17)10-11-26-15-7-5-14(19)6-8-15/h5-8,12,16,20H,3-4,9-11H2,1-2H3,(H,21,25)/t12-,16-/m0/s1. The van der Waals surface area contributed by atoms with Crippen molar-refractivity contribution in [1.82, 2.24) is 25.6 Å². The maximum Gasteiger partial charge on any atom is 0.274 e. The summed E-state index contributed by atoms with van der Waals surface area (Å²) in [6.07, 6.45) is 2.00. The highest BCUT2D eigenvalue weighted by atomic mass is 19.1. The maximum absolute atomic E-state index is 12.9.